The van der Waals surface area contributed by atoms with Crippen molar-refractivity contribution < 1.29 is 23.6 Å². The number of ether oxygens (including phenoxy) is 2. The molecule has 0 spiro atoms. The topological polar surface area (TPSA) is 169 Å². The Kier molecular flexibility index (Phi) is 7.98. The molecule has 3 aromatic rings. The number of allylic oxidation sites excluding steroid dienone is 3. The van der Waals surface area contributed by atoms with Crippen molar-refractivity contribution >= 4 is 45.7 Å². The van der Waals surface area contributed by atoms with Gasteiger partial charge in [-0.2, -0.15) is 5.26 Å². The number of amides is 1. The Morgan fingerprint density at radius 1 is 1.29 bits per heavy atom. The van der Waals surface area contributed by atoms with Gasteiger partial charge < -0.3 is 25.0 Å². The van der Waals surface area contributed by atoms with E-state index in [4.69, 9.17) is 19.7 Å². The first kappa shape index (κ1) is 29.2. The SMILES string of the molecule is COc1ccc(C2C(C#N)=C(N)N(c3nnc(SCC(=O)Nc4cc(C)on4)s3)C3=C2C(=O)CC(C)(C)C3)c(OC)c1. The van der Waals surface area contributed by atoms with E-state index in [1.807, 2.05) is 13.8 Å². The first-order chi connectivity index (χ1) is 20.0. The van der Waals surface area contributed by atoms with Crippen LogP contribution in [0.4, 0.5) is 10.9 Å². The van der Waals surface area contributed by atoms with Crippen LogP contribution in [0.1, 0.15) is 43.9 Å². The van der Waals surface area contributed by atoms with Gasteiger partial charge in [0.15, 0.2) is 15.9 Å². The van der Waals surface area contributed by atoms with Gasteiger partial charge in [0, 0.05) is 35.4 Å². The number of nitrogens with two attached hydrogens (primary N) is 1. The van der Waals surface area contributed by atoms with Gasteiger partial charge in [0.2, 0.25) is 11.0 Å². The lowest BCUT2D eigenvalue weighted by Gasteiger charge is -2.42. The second-order valence-electron chi connectivity index (χ2n) is 10.6. The van der Waals surface area contributed by atoms with Gasteiger partial charge in [-0.25, -0.2) is 0 Å². The molecule has 1 unspecified atom stereocenters. The normalized spacial score (nSPS) is 18.0. The first-order valence-electron chi connectivity index (χ1n) is 12.9. The van der Waals surface area contributed by atoms with Gasteiger partial charge in [0.25, 0.3) is 0 Å². The van der Waals surface area contributed by atoms with Crippen molar-refractivity contribution in [2.45, 2.75) is 43.9 Å². The van der Waals surface area contributed by atoms with Crippen LogP contribution in [0.25, 0.3) is 0 Å². The van der Waals surface area contributed by atoms with E-state index < -0.39 is 5.92 Å². The molecule has 3 N–H and O–H groups in total. The van der Waals surface area contributed by atoms with E-state index in [9.17, 15) is 14.9 Å². The van der Waals surface area contributed by atoms with Crippen LogP contribution < -0.4 is 25.4 Å². The molecule has 1 aromatic carbocycles. The van der Waals surface area contributed by atoms with Crippen molar-refractivity contribution in [3.05, 3.63) is 58.3 Å². The Hall–Kier alpha value is -4.35. The fourth-order valence-corrected chi connectivity index (χ4v) is 6.86. The van der Waals surface area contributed by atoms with Crippen molar-refractivity contribution in [2.24, 2.45) is 11.1 Å². The molecule has 12 nitrogen and oxygen atoms in total. The summed E-state index contributed by atoms with van der Waals surface area (Å²) < 4.78 is 16.5. The number of carbonyl (C=O) groups excluding carboxylic acids is 2. The average Bonchev–Trinajstić information content (AvgIpc) is 3.58. The zero-order chi connectivity index (χ0) is 30.2. The molecule has 3 heterocycles. The zero-order valence-electron chi connectivity index (χ0n) is 23.7. The Balaban J connectivity index is 1.52. The molecule has 0 fully saturated rings. The molecule has 1 amide bonds. The van der Waals surface area contributed by atoms with Crippen LogP contribution in [0.15, 0.2) is 55.8 Å². The maximum Gasteiger partial charge on any atom is 0.236 e. The van der Waals surface area contributed by atoms with Crippen LogP contribution >= 0.6 is 23.1 Å². The summed E-state index contributed by atoms with van der Waals surface area (Å²) in [7, 11) is 3.08. The minimum absolute atomic E-state index is 0.0636. The molecule has 1 atom stereocenters. The van der Waals surface area contributed by atoms with Crippen LogP contribution in [-0.2, 0) is 9.59 Å². The fourth-order valence-electron chi connectivity index (χ4n) is 5.18. The Bertz CT molecular complexity index is 1670. The van der Waals surface area contributed by atoms with E-state index in [1.165, 1.54) is 30.2 Å². The minimum Gasteiger partial charge on any atom is -0.497 e. The van der Waals surface area contributed by atoms with E-state index in [2.05, 4.69) is 26.7 Å². The lowest BCUT2D eigenvalue weighted by Crippen LogP contribution is -2.42. The minimum atomic E-state index is -0.726. The summed E-state index contributed by atoms with van der Waals surface area (Å²) in [6, 6.07) is 9.16. The molecular formula is C28H29N7O5S2. The molecule has 0 saturated carbocycles. The summed E-state index contributed by atoms with van der Waals surface area (Å²) in [5, 5.41) is 25.8. The molecule has 0 radical (unpaired) electrons. The third-order valence-electron chi connectivity index (χ3n) is 6.94. The molecule has 0 saturated heterocycles. The standard InChI is InChI=1S/C28H29N7O5S2/c1-14-8-21(34-40-14)31-22(37)13-41-27-33-32-26(42-27)35-18-10-28(2,3)11-19(36)24(18)23(17(12-29)25(35)30)16-7-6-15(38-4)9-20(16)39-5/h6-9,23H,10-11,13,30H2,1-5H3,(H,31,34,37). The Morgan fingerprint density at radius 3 is 2.74 bits per heavy atom. The predicted molar refractivity (Wildman–Crippen MR) is 157 cm³/mol. The number of benzene rings is 1. The summed E-state index contributed by atoms with van der Waals surface area (Å²) in [5.74, 6) is 1.12. The van der Waals surface area contributed by atoms with Crippen molar-refractivity contribution in [1.29, 1.82) is 5.26 Å². The molecule has 1 aliphatic heterocycles. The van der Waals surface area contributed by atoms with Gasteiger partial charge in [-0.15, -0.1) is 10.2 Å². The van der Waals surface area contributed by atoms with Gasteiger partial charge in [0.05, 0.1) is 37.5 Å². The van der Waals surface area contributed by atoms with Gasteiger partial charge in [0.1, 0.15) is 23.1 Å². The fraction of sp³-hybridized carbons (Fsp3) is 0.357. The number of hydrogen-bond acceptors (Lipinski definition) is 13. The molecule has 5 rings (SSSR count). The highest BCUT2D eigenvalue weighted by molar-refractivity contribution is 8.01. The number of aryl methyl sites for hydroxylation is 1. The van der Waals surface area contributed by atoms with Gasteiger partial charge in [-0.3, -0.25) is 14.5 Å². The molecular weight excluding hydrogens is 578 g/mol. The average molecular weight is 608 g/mol. The maximum atomic E-state index is 13.8. The monoisotopic (exact) mass is 607 g/mol. The zero-order valence-corrected chi connectivity index (χ0v) is 25.3. The second-order valence-corrected chi connectivity index (χ2v) is 12.8. The smallest absolute Gasteiger partial charge is 0.236 e. The van der Waals surface area contributed by atoms with Gasteiger partial charge in [-0.05, 0) is 24.8 Å². The highest BCUT2D eigenvalue weighted by atomic mass is 32.2. The van der Waals surface area contributed by atoms with E-state index in [0.717, 1.165) is 0 Å². The number of nitrogens with zero attached hydrogens (tertiary/aromatic N) is 5. The number of aromatic nitrogens is 3. The number of nitrogens with one attached hydrogen (secondary N) is 1. The van der Waals surface area contributed by atoms with Gasteiger partial charge >= 0.3 is 0 Å². The quantitative estimate of drug-likeness (QED) is 0.344. The van der Waals surface area contributed by atoms with Crippen LogP contribution in [0, 0.1) is 23.7 Å². The molecule has 0 bridgehead atoms. The lowest BCUT2D eigenvalue weighted by molar-refractivity contribution is -0.118. The van der Waals surface area contributed by atoms with Crippen LogP contribution in [0.2, 0.25) is 0 Å². The molecule has 14 heteroatoms. The second kappa shape index (κ2) is 11.5. The number of ketones is 1. The first-order valence-corrected chi connectivity index (χ1v) is 14.7. The van der Waals surface area contributed by atoms with Crippen LogP contribution in [-0.4, -0.2) is 47.0 Å². The summed E-state index contributed by atoms with van der Waals surface area (Å²) in [5.41, 5.74) is 8.37. The lowest BCUT2D eigenvalue weighted by atomic mass is 9.68. The van der Waals surface area contributed by atoms with E-state index in [0.29, 0.717) is 62.2 Å². The largest absolute Gasteiger partial charge is 0.497 e. The predicted octanol–water partition coefficient (Wildman–Crippen LogP) is 4.52. The Labute approximate surface area is 250 Å². The van der Waals surface area contributed by atoms with Crippen LogP contribution in [0.5, 0.6) is 11.5 Å². The number of methoxy groups -OCH3 is 2. The maximum absolute atomic E-state index is 13.8. The third-order valence-corrected chi connectivity index (χ3v) is 8.98. The van der Waals surface area contributed by atoms with Crippen LogP contribution in [0.3, 0.4) is 0 Å². The number of nitriles is 1. The van der Waals surface area contributed by atoms with Crippen molar-refractivity contribution in [3.63, 3.8) is 0 Å². The number of Topliss-reactive ketones (excluding diaryl/α,β-unsaturated/α-hetero) is 1. The molecule has 218 valence electrons. The number of hydrogen-bond donors (Lipinski definition) is 2. The number of anilines is 2. The van der Waals surface area contributed by atoms with Crippen molar-refractivity contribution in [3.8, 4) is 17.6 Å². The summed E-state index contributed by atoms with van der Waals surface area (Å²) in [6.45, 7) is 5.77. The van der Waals surface area contributed by atoms with E-state index >= 15 is 0 Å². The molecule has 2 aliphatic rings. The summed E-state index contributed by atoms with van der Waals surface area (Å²) in [6.07, 6.45) is 0.828. The third kappa shape index (κ3) is 5.57. The number of thioether (sulfide) groups is 1. The van der Waals surface area contributed by atoms with Crippen molar-refractivity contribution in [2.75, 3.05) is 30.2 Å². The highest BCUT2D eigenvalue weighted by Gasteiger charge is 2.46. The molecule has 1 aliphatic carbocycles. The Morgan fingerprint density at radius 2 is 2.07 bits per heavy atom. The number of rotatable bonds is 8. The molecule has 2 aromatic heterocycles. The van der Waals surface area contributed by atoms with Gasteiger partial charge in [-0.1, -0.05) is 48.2 Å². The molecule has 42 heavy (non-hydrogen) atoms. The van der Waals surface area contributed by atoms with E-state index in [-0.39, 0.29) is 34.3 Å². The van der Waals surface area contributed by atoms with Crippen molar-refractivity contribution in [1.82, 2.24) is 15.4 Å². The van der Waals surface area contributed by atoms with E-state index in [1.54, 1.807) is 43.2 Å². The summed E-state index contributed by atoms with van der Waals surface area (Å²) in [4.78, 5) is 27.9. The highest BCUT2D eigenvalue weighted by Crippen LogP contribution is 2.52. The number of carbonyl (C=O) groups is 2. The summed E-state index contributed by atoms with van der Waals surface area (Å²) >= 11 is 2.41.